The average molecular weight is 206 g/mol. The summed E-state index contributed by atoms with van der Waals surface area (Å²) >= 11 is 0. The Balaban J connectivity index is 1.91. The molecule has 1 aliphatic rings. The predicted octanol–water partition coefficient (Wildman–Crippen LogP) is -0.346. The maximum atomic E-state index is 11.8. The Morgan fingerprint density at radius 3 is 2.93 bits per heavy atom. The summed E-state index contributed by atoms with van der Waals surface area (Å²) in [6.07, 6.45) is 4.95. The molecule has 1 N–H and O–H groups in total. The van der Waals surface area contributed by atoms with Crippen molar-refractivity contribution in [2.45, 2.75) is 6.54 Å². The van der Waals surface area contributed by atoms with Gasteiger partial charge in [-0.3, -0.25) is 14.8 Å². The van der Waals surface area contributed by atoms with Gasteiger partial charge in [-0.25, -0.2) is 0 Å². The van der Waals surface area contributed by atoms with Crippen molar-refractivity contribution in [3.8, 4) is 0 Å². The van der Waals surface area contributed by atoms with Crippen molar-refractivity contribution in [2.24, 2.45) is 5.92 Å². The van der Waals surface area contributed by atoms with Crippen molar-refractivity contribution in [1.29, 1.82) is 0 Å². The number of carbonyl (C=O) groups is 1. The molecule has 1 saturated heterocycles. The molecule has 1 amide bonds. The molecular formula is C10H14N4O. The maximum Gasteiger partial charge on any atom is 0.228 e. The lowest BCUT2D eigenvalue weighted by atomic mass is 10.0. The van der Waals surface area contributed by atoms with E-state index in [-0.39, 0.29) is 11.8 Å². The third-order valence-electron chi connectivity index (χ3n) is 2.52. The zero-order chi connectivity index (χ0) is 10.7. The van der Waals surface area contributed by atoms with Gasteiger partial charge in [0.2, 0.25) is 5.91 Å². The number of hydrogen-bond donors (Lipinski definition) is 1. The van der Waals surface area contributed by atoms with Gasteiger partial charge in [0.15, 0.2) is 0 Å². The lowest BCUT2D eigenvalue weighted by molar-refractivity contribution is -0.136. The van der Waals surface area contributed by atoms with Crippen LogP contribution in [-0.2, 0) is 11.3 Å². The van der Waals surface area contributed by atoms with Gasteiger partial charge in [0.1, 0.15) is 0 Å². The molecule has 0 bridgehead atoms. The number of nitrogens with zero attached hydrogens (tertiary/aromatic N) is 3. The summed E-state index contributed by atoms with van der Waals surface area (Å²) in [7, 11) is 1.80. The van der Waals surface area contributed by atoms with E-state index in [0.29, 0.717) is 6.54 Å². The summed E-state index contributed by atoms with van der Waals surface area (Å²) in [5.41, 5.74) is 0.820. The molecule has 80 valence electrons. The van der Waals surface area contributed by atoms with Gasteiger partial charge in [0.05, 0.1) is 24.4 Å². The van der Waals surface area contributed by atoms with Crippen LogP contribution < -0.4 is 5.32 Å². The van der Waals surface area contributed by atoms with Crippen LogP contribution in [0.3, 0.4) is 0 Å². The van der Waals surface area contributed by atoms with Crippen LogP contribution in [0.25, 0.3) is 0 Å². The van der Waals surface area contributed by atoms with Gasteiger partial charge in [-0.15, -0.1) is 0 Å². The van der Waals surface area contributed by atoms with Crippen LogP contribution >= 0.6 is 0 Å². The van der Waals surface area contributed by atoms with Gasteiger partial charge in [0.25, 0.3) is 0 Å². The number of nitrogens with one attached hydrogen (secondary N) is 1. The Bertz CT molecular complexity index is 337. The Morgan fingerprint density at radius 2 is 2.40 bits per heavy atom. The Labute approximate surface area is 88.5 Å². The largest absolute Gasteiger partial charge is 0.339 e. The monoisotopic (exact) mass is 206 g/mol. The van der Waals surface area contributed by atoms with Crippen LogP contribution in [0.2, 0.25) is 0 Å². The van der Waals surface area contributed by atoms with E-state index in [4.69, 9.17) is 0 Å². The number of aromatic nitrogens is 2. The highest BCUT2D eigenvalue weighted by Crippen LogP contribution is 2.08. The topological polar surface area (TPSA) is 58.1 Å². The van der Waals surface area contributed by atoms with Gasteiger partial charge in [-0.05, 0) is 0 Å². The minimum Gasteiger partial charge on any atom is -0.339 e. The minimum absolute atomic E-state index is 0.145. The number of carbonyl (C=O) groups excluding carboxylic acids is 1. The Kier molecular flexibility index (Phi) is 2.91. The molecule has 0 spiro atoms. The smallest absolute Gasteiger partial charge is 0.228 e. The maximum absolute atomic E-state index is 11.8. The zero-order valence-electron chi connectivity index (χ0n) is 8.68. The minimum atomic E-state index is 0.145. The molecular weight excluding hydrogens is 192 g/mol. The summed E-state index contributed by atoms with van der Waals surface area (Å²) in [6.45, 7) is 2.12. The molecule has 1 aromatic heterocycles. The molecule has 2 rings (SSSR count). The van der Waals surface area contributed by atoms with Gasteiger partial charge < -0.3 is 10.2 Å². The first kappa shape index (κ1) is 10.0. The van der Waals surface area contributed by atoms with Crippen molar-refractivity contribution in [2.75, 3.05) is 20.1 Å². The van der Waals surface area contributed by atoms with Crippen molar-refractivity contribution >= 4 is 5.91 Å². The van der Waals surface area contributed by atoms with E-state index < -0.39 is 0 Å². The molecule has 0 unspecified atom stereocenters. The van der Waals surface area contributed by atoms with Crippen LogP contribution in [-0.4, -0.2) is 40.9 Å². The first-order chi connectivity index (χ1) is 7.27. The van der Waals surface area contributed by atoms with Gasteiger partial charge in [0, 0.05) is 32.5 Å². The lowest BCUT2D eigenvalue weighted by Crippen LogP contribution is -2.51. The van der Waals surface area contributed by atoms with Crippen molar-refractivity contribution in [3.63, 3.8) is 0 Å². The van der Waals surface area contributed by atoms with E-state index in [1.807, 2.05) is 0 Å². The standard InChI is InChI=1S/C10H14N4O/c1-14(10(15)8-4-12-5-8)7-9-6-11-2-3-13-9/h2-3,6,8,12H,4-5,7H2,1H3. The van der Waals surface area contributed by atoms with Crippen LogP contribution in [0, 0.1) is 5.92 Å². The fourth-order valence-electron chi connectivity index (χ4n) is 1.51. The molecule has 0 atom stereocenters. The highest BCUT2D eigenvalue weighted by Gasteiger charge is 2.27. The molecule has 1 aromatic rings. The molecule has 5 nitrogen and oxygen atoms in total. The lowest BCUT2D eigenvalue weighted by Gasteiger charge is -2.30. The van der Waals surface area contributed by atoms with E-state index in [0.717, 1.165) is 18.8 Å². The second kappa shape index (κ2) is 4.35. The third kappa shape index (κ3) is 2.30. The highest BCUT2D eigenvalue weighted by molar-refractivity contribution is 5.79. The number of hydrogen-bond acceptors (Lipinski definition) is 4. The van der Waals surface area contributed by atoms with E-state index in [9.17, 15) is 4.79 Å². The molecule has 0 aliphatic carbocycles. The molecule has 2 heterocycles. The first-order valence-corrected chi connectivity index (χ1v) is 4.98. The van der Waals surface area contributed by atoms with Gasteiger partial charge in [-0.2, -0.15) is 0 Å². The van der Waals surface area contributed by atoms with Crippen LogP contribution in [0.4, 0.5) is 0 Å². The highest BCUT2D eigenvalue weighted by atomic mass is 16.2. The van der Waals surface area contributed by atoms with Crippen LogP contribution in [0.15, 0.2) is 18.6 Å². The molecule has 0 aromatic carbocycles. The van der Waals surface area contributed by atoms with Crippen LogP contribution in [0.1, 0.15) is 5.69 Å². The molecule has 0 radical (unpaired) electrons. The fourth-order valence-corrected chi connectivity index (χ4v) is 1.51. The molecule has 1 aliphatic heterocycles. The zero-order valence-corrected chi connectivity index (χ0v) is 8.68. The Morgan fingerprint density at radius 1 is 1.60 bits per heavy atom. The SMILES string of the molecule is CN(Cc1cnccn1)C(=O)C1CNC1. The summed E-state index contributed by atoms with van der Waals surface area (Å²) in [5, 5.41) is 3.09. The van der Waals surface area contributed by atoms with E-state index in [1.165, 1.54) is 0 Å². The second-order valence-electron chi connectivity index (χ2n) is 3.75. The van der Waals surface area contributed by atoms with E-state index in [2.05, 4.69) is 15.3 Å². The summed E-state index contributed by atoms with van der Waals surface area (Å²) < 4.78 is 0. The number of rotatable bonds is 3. The molecule has 5 heteroatoms. The fraction of sp³-hybridized carbons (Fsp3) is 0.500. The van der Waals surface area contributed by atoms with Crippen LogP contribution in [0.5, 0.6) is 0 Å². The van der Waals surface area contributed by atoms with E-state index >= 15 is 0 Å². The van der Waals surface area contributed by atoms with Gasteiger partial charge >= 0.3 is 0 Å². The normalized spacial score (nSPS) is 15.8. The van der Waals surface area contributed by atoms with Gasteiger partial charge in [-0.1, -0.05) is 0 Å². The number of amides is 1. The van der Waals surface area contributed by atoms with Crippen molar-refractivity contribution in [1.82, 2.24) is 20.2 Å². The second-order valence-corrected chi connectivity index (χ2v) is 3.75. The summed E-state index contributed by atoms with van der Waals surface area (Å²) in [5.74, 6) is 0.325. The predicted molar refractivity (Wildman–Crippen MR) is 54.9 cm³/mol. The van der Waals surface area contributed by atoms with Crippen molar-refractivity contribution < 1.29 is 4.79 Å². The van der Waals surface area contributed by atoms with Crippen molar-refractivity contribution in [3.05, 3.63) is 24.3 Å². The third-order valence-corrected chi connectivity index (χ3v) is 2.52. The van der Waals surface area contributed by atoms with E-state index in [1.54, 1.807) is 30.5 Å². The summed E-state index contributed by atoms with van der Waals surface area (Å²) in [4.78, 5) is 21.6. The Hall–Kier alpha value is -1.49. The quantitative estimate of drug-likeness (QED) is 0.734. The first-order valence-electron chi connectivity index (χ1n) is 4.98. The summed E-state index contributed by atoms with van der Waals surface area (Å²) in [6, 6.07) is 0. The average Bonchev–Trinajstić information content (AvgIpc) is 2.16. The molecule has 0 saturated carbocycles. The molecule has 15 heavy (non-hydrogen) atoms. The molecule has 1 fully saturated rings.